The number of allylic oxidation sites excluding steroid dienone is 4. The molecule has 0 atom stereocenters. The number of hydrogen-bond donors (Lipinski definition) is 0. The molecule has 0 unspecified atom stereocenters. The van der Waals surface area contributed by atoms with Crippen molar-refractivity contribution in [1.82, 2.24) is 8.66 Å². The fourth-order valence-electron chi connectivity index (χ4n) is 3.76. The molecular formula is C18H37HfN3. The first-order valence-electron chi connectivity index (χ1n) is 8.88. The van der Waals surface area contributed by atoms with E-state index < -0.39 is 20.8 Å². The molecule has 1 aliphatic rings. The van der Waals surface area contributed by atoms with Gasteiger partial charge in [-0.3, -0.25) is 0 Å². The van der Waals surface area contributed by atoms with Gasteiger partial charge in [0.1, 0.15) is 0 Å². The van der Waals surface area contributed by atoms with Crippen LogP contribution >= 0.6 is 0 Å². The van der Waals surface area contributed by atoms with Crippen LogP contribution in [0, 0.1) is 5.92 Å². The molecule has 0 heterocycles. The van der Waals surface area contributed by atoms with Gasteiger partial charge in [-0.2, -0.15) is 0 Å². The molecule has 4 heteroatoms. The Labute approximate surface area is 144 Å². The average Bonchev–Trinajstić information content (AvgIpc) is 2.94. The van der Waals surface area contributed by atoms with E-state index in [1.807, 2.05) is 0 Å². The van der Waals surface area contributed by atoms with Crippen LogP contribution in [0.4, 0.5) is 0 Å². The third-order valence-corrected chi connectivity index (χ3v) is 24.8. The zero-order chi connectivity index (χ0) is 16.9. The molecule has 0 bridgehead atoms. The van der Waals surface area contributed by atoms with Crippen LogP contribution in [0.5, 0.6) is 0 Å². The molecule has 0 spiro atoms. The minimum atomic E-state index is -3.11. The predicted octanol–water partition coefficient (Wildman–Crippen LogP) is 4.00. The normalized spacial score (nSPS) is 16.2. The first-order valence-corrected chi connectivity index (χ1v) is 15.5. The van der Waals surface area contributed by atoms with Gasteiger partial charge in [0.15, 0.2) is 0 Å². The summed E-state index contributed by atoms with van der Waals surface area (Å²) in [5, 5.41) is 0. The maximum atomic E-state index is 2.72. The van der Waals surface area contributed by atoms with Crippen molar-refractivity contribution in [1.29, 1.82) is 0 Å². The van der Waals surface area contributed by atoms with Crippen LogP contribution in [-0.2, 0) is 20.8 Å². The Morgan fingerprint density at radius 2 is 1.41 bits per heavy atom. The van der Waals surface area contributed by atoms with E-state index in [1.165, 1.54) is 12.8 Å². The summed E-state index contributed by atoms with van der Waals surface area (Å²) in [5.41, 5.74) is 1.64. The third kappa shape index (κ3) is 3.82. The van der Waals surface area contributed by atoms with Crippen LogP contribution in [-0.4, -0.2) is 49.4 Å². The van der Waals surface area contributed by atoms with E-state index in [4.69, 9.17) is 0 Å². The van der Waals surface area contributed by atoms with Gasteiger partial charge >= 0.3 is 145 Å². The second-order valence-corrected chi connectivity index (χ2v) is 21.8. The summed E-state index contributed by atoms with van der Waals surface area (Å²) in [7, 11) is 7.08. The van der Waals surface area contributed by atoms with Crippen LogP contribution < -0.4 is 0 Å². The zero-order valence-corrected chi connectivity index (χ0v) is 19.7. The van der Waals surface area contributed by atoms with Crippen molar-refractivity contribution in [2.75, 3.05) is 40.8 Å². The van der Waals surface area contributed by atoms with Crippen LogP contribution in [0.3, 0.4) is 0 Å². The molecule has 0 N–H and O–H groups in total. The van der Waals surface area contributed by atoms with Gasteiger partial charge in [0, 0.05) is 0 Å². The standard InChI is InChI=1S/C9H13.3C3H8N.Hf/c1-8(2)7-9-5-3-4-6-9;3*1-3-4-2;/h3,5,8H,4,7H2,1-2H3;3*3H2,1-2H3;/q;3*-1;+3. The topological polar surface area (TPSA) is 9.72 Å². The predicted molar refractivity (Wildman–Crippen MR) is 95.2 cm³/mol. The molecule has 0 radical (unpaired) electrons. The summed E-state index contributed by atoms with van der Waals surface area (Å²) in [5.74, 6) is 0.727. The SMILES string of the molecule is CC[N](C)[Hf]([C]1=C(CC(C)C)C=CC1)([N](C)CC)[N](C)CC. The van der Waals surface area contributed by atoms with Crippen LogP contribution in [0.2, 0.25) is 0 Å². The molecule has 0 amide bonds. The summed E-state index contributed by atoms with van der Waals surface area (Å²) in [4.78, 5) is 0. The number of rotatable bonds is 9. The molecule has 128 valence electrons. The van der Waals surface area contributed by atoms with E-state index in [1.54, 1.807) is 8.90 Å². The summed E-state index contributed by atoms with van der Waals surface area (Å²) >= 11 is -3.11. The van der Waals surface area contributed by atoms with E-state index in [0.29, 0.717) is 0 Å². The zero-order valence-electron chi connectivity index (χ0n) is 16.1. The molecule has 1 aliphatic carbocycles. The van der Waals surface area contributed by atoms with Gasteiger partial charge in [-0.1, -0.05) is 0 Å². The summed E-state index contributed by atoms with van der Waals surface area (Å²) in [6.45, 7) is 15.0. The molecule has 0 aromatic rings. The number of nitrogens with zero attached hydrogens (tertiary/aromatic N) is 3. The van der Waals surface area contributed by atoms with Gasteiger partial charge < -0.3 is 0 Å². The fourth-order valence-corrected chi connectivity index (χ4v) is 23.4. The van der Waals surface area contributed by atoms with Gasteiger partial charge in [-0.15, -0.1) is 0 Å². The monoisotopic (exact) mass is 475 g/mol. The molecule has 1 rings (SSSR count). The van der Waals surface area contributed by atoms with Gasteiger partial charge in [0.25, 0.3) is 0 Å². The quantitative estimate of drug-likeness (QED) is 0.469. The first kappa shape index (κ1) is 20.3. The van der Waals surface area contributed by atoms with E-state index in [-0.39, 0.29) is 0 Å². The number of hydrogen-bond acceptors (Lipinski definition) is 3. The van der Waals surface area contributed by atoms with E-state index in [0.717, 1.165) is 25.6 Å². The molecule has 3 nitrogen and oxygen atoms in total. The minimum absolute atomic E-state index is 0.727. The van der Waals surface area contributed by atoms with Crippen molar-refractivity contribution in [2.45, 2.75) is 47.5 Å². The van der Waals surface area contributed by atoms with Crippen molar-refractivity contribution in [2.24, 2.45) is 5.92 Å². The molecule has 0 saturated carbocycles. The van der Waals surface area contributed by atoms with E-state index >= 15 is 0 Å². The molecule has 0 fully saturated rings. The van der Waals surface area contributed by atoms with Crippen molar-refractivity contribution in [3.8, 4) is 0 Å². The molecule has 22 heavy (non-hydrogen) atoms. The van der Waals surface area contributed by atoms with Gasteiger partial charge in [0.05, 0.1) is 0 Å². The summed E-state index contributed by atoms with van der Waals surface area (Å²) in [6.07, 6.45) is 7.21. The van der Waals surface area contributed by atoms with Crippen LogP contribution in [0.25, 0.3) is 0 Å². The van der Waals surface area contributed by atoms with Crippen molar-refractivity contribution in [3.05, 3.63) is 21.1 Å². The Hall–Kier alpha value is 0.230. The second kappa shape index (κ2) is 8.91. The van der Waals surface area contributed by atoms with Gasteiger partial charge in [0.2, 0.25) is 0 Å². The maximum absolute atomic E-state index is 3.11. The molecular weight excluding hydrogens is 437 g/mol. The molecule has 0 aromatic heterocycles. The molecule has 0 saturated heterocycles. The Bertz CT molecular complexity index is 388. The fraction of sp³-hybridized carbons (Fsp3) is 0.778. The van der Waals surface area contributed by atoms with Crippen molar-refractivity contribution >= 4 is 0 Å². The van der Waals surface area contributed by atoms with Gasteiger partial charge in [-0.05, 0) is 0 Å². The summed E-state index contributed by atoms with van der Waals surface area (Å²) in [6, 6.07) is 0. The van der Waals surface area contributed by atoms with Crippen LogP contribution in [0.1, 0.15) is 47.5 Å². The first-order chi connectivity index (χ1) is 10.4. The second-order valence-electron chi connectivity index (χ2n) is 6.89. The Kier molecular flexibility index (Phi) is 8.21. The van der Waals surface area contributed by atoms with Gasteiger partial charge in [-0.25, -0.2) is 0 Å². The Balaban J connectivity index is 3.47. The Morgan fingerprint density at radius 3 is 1.77 bits per heavy atom. The van der Waals surface area contributed by atoms with Crippen molar-refractivity contribution < 1.29 is 20.8 Å². The average molecular weight is 474 g/mol. The van der Waals surface area contributed by atoms with Crippen molar-refractivity contribution in [3.63, 3.8) is 0 Å². The van der Waals surface area contributed by atoms with E-state index in [9.17, 15) is 0 Å². The van der Waals surface area contributed by atoms with E-state index in [2.05, 4.69) is 76.6 Å². The van der Waals surface area contributed by atoms with Crippen LogP contribution in [0.15, 0.2) is 21.1 Å². The molecule has 0 aliphatic heterocycles. The summed E-state index contributed by atoms with van der Waals surface area (Å²) < 4.78 is 9.97. The molecule has 0 aromatic carbocycles. The third-order valence-electron chi connectivity index (χ3n) is 5.08. The Morgan fingerprint density at radius 1 is 0.955 bits per heavy atom.